The van der Waals surface area contributed by atoms with Gasteiger partial charge in [0.25, 0.3) is 11.8 Å². The molecular weight excluding hydrogens is 718 g/mol. The summed E-state index contributed by atoms with van der Waals surface area (Å²) in [5.74, 6) is -2.00. The summed E-state index contributed by atoms with van der Waals surface area (Å²) in [5.41, 5.74) is 9.10. The number of nitrogens with zero attached hydrogens (tertiary/aromatic N) is 5. The second kappa shape index (κ2) is 14.5. The van der Waals surface area contributed by atoms with E-state index in [-0.39, 0.29) is 35.8 Å². The van der Waals surface area contributed by atoms with Crippen LogP contribution in [0.3, 0.4) is 0 Å². The van der Waals surface area contributed by atoms with Gasteiger partial charge < -0.3 is 37.2 Å². The minimum absolute atomic E-state index is 0.0356. The third-order valence-electron chi connectivity index (χ3n) is 13.5. The van der Waals surface area contributed by atoms with Crippen LogP contribution in [0.1, 0.15) is 81.8 Å². The lowest BCUT2D eigenvalue weighted by atomic mass is 9.44. The van der Waals surface area contributed by atoms with Crippen molar-refractivity contribution in [3.8, 4) is 0 Å². The molecule has 4 aliphatic rings. The zero-order valence-corrected chi connectivity index (χ0v) is 32.4. The number of aromatic nitrogens is 4. The molecule has 0 aliphatic heterocycles. The maximum absolute atomic E-state index is 17.4. The van der Waals surface area contributed by atoms with Gasteiger partial charge in [-0.1, -0.05) is 25.5 Å². The van der Waals surface area contributed by atoms with E-state index in [1.807, 2.05) is 37.9 Å². The number of hydrogen-bond donors (Lipinski definition) is 6. The number of ketones is 1. The van der Waals surface area contributed by atoms with Crippen molar-refractivity contribution in [2.75, 3.05) is 36.5 Å². The Labute approximate surface area is 325 Å². The number of fused-ring (bicyclic) bond motifs is 6. The van der Waals surface area contributed by atoms with Gasteiger partial charge in [0.15, 0.2) is 34.0 Å². The summed E-state index contributed by atoms with van der Waals surface area (Å²) in [6.07, 6.45) is 8.12. The topological polar surface area (TPSA) is 223 Å². The molecule has 2 amide bonds. The van der Waals surface area contributed by atoms with Crippen molar-refractivity contribution < 1.29 is 29.0 Å². The molecule has 3 aromatic rings. The molecule has 0 saturated heterocycles. The first-order chi connectivity index (χ1) is 26.5. The Morgan fingerprint density at radius 3 is 2.48 bits per heavy atom. The van der Waals surface area contributed by atoms with E-state index in [4.69, 9.17) is 11.5 Å². The van der Waals surface area contributed by atoms with E-state index in [1.165, 1.54) is 12.2 Å². The molecule has 2 aromatic heterocycles. The molecule has 4 aliphatic carbocycles. The highest BCUT2D eigenvalue weighted by Gasteiger charge is 2.75. The van der Waals surface area contributed by atoms with E-state index in [9.17, 15) is 24.6 Å². The molecule has 1 unspecified atom stereocenters. The Morgan fingerprint density at radius 2 is 1.75 bits per heavy atom. The largest absolute Gasteiger partial charge is 0.390 e. The maximum atomic E-state index is 17.4. The predicted octanol–water partition coefficient (Wildman–Crippen LogP) is 3.58. The molecule has 3 saturated carbocycles. The fourth-order valence-corrected chi connectivity index (χ4v) is 10.4. The average molecular weight is 770 g/mol. The van der Waals surface area contributed by atoms with Crippen LogP contribution in [0.2, 0.25) is 0 Å². The lowest BCUT2D eigenvalue weighted by molar-refractivity contribution is -0.219. The quantitative estimate of drug-likeness (QED) is 0.154. The van der Waals surface area contributed by atoms with Crippen LogP contribution in [0, 0.1) is 28.6 Å². The molecule has 298 valence electrons. The van der Waals surface area contributed by atoms with Crippen LogP contribution in [-0.2, 0) is 16.1 Å². The number of halogens is 1. The van der Waals surface area contributed by atoms with Gasteiger partial charge in [-0.2, -0.15) is 9.97 Å². The van der Waals surface area contributed by atoms with Gasteiger partial charge in [-0.3, -0.25) is 14.4 Å². The van der Waals surface area contributed by atoms with Crippen molar-refractivity contribution in [1.82, 2.24) is 30.6 Å². The second-order valence-electron chi connectivity index (χ2n) is 16.6. The number of rotatable bonds is 11. The molecule has 8 N–H and O–H groups in total. The van der Waals surface area contributed by atoms with Gasteiger partial charge in [-0.15, -0.1) is 0 Å². The first-order valence-electron chi connectivity index (χ1n) is 19.5. The van der Waals surface area contributed by atoms with Crippen LogP contribution in [-0.4, -0.2) is 85.3 Å². The van der Waals surface area contributed by atoms with Crippen LogP contribution in [0.15, 0.2) is 54.3 Å². The third-order valence-corrected chi connectivity index (χ3v) is 13.5. The van der Waals surface area contributed by atoms with Crippen molar-refractivity contribution in [2.45, 2.75) is 89.6 Å². The van der Waals surface area contributed by atoms with Crippen molar-refractivity contribution in [2.24, 2.45) is 28.6 Å². The van der Waals surface area contributed by atoms with Gasteiger partial charge in [-0.05, 0) is 100 Å². The molecule has 0 radical (unpaired) electrons. The molecule has 2 heterocycles. The summed E-state index contributed by atoms with van der Waals surface area (Å²) in [6, 6.07) is 7.23. The fraction of sp³-hybridized carbons (Fsp3) is 0.537. The van der Waals surface area contributed by atoms with Crippen molar-refractivity contribution in [3.05, 3.63) is 65.5 Å². The summed E-state index contributed by atoms with van der Waals surface area (Å²) in [7, 11) is 1.90. The standard InChI is InChI=1S/C41H52FN9O5/c1-23-18-30-29-13-10-25-19-28(52)14-15-38(25,2)40(29,42)31(53)20-39(30,3)41(23,56)36(55)46-17-7-5-6-16-45-35(54)24-8-11-27(12-9-24)51(4)22-26-21-47-34-32(48-26)33(43)49-37(44)50-34/h8-9,11-12,14-15,19,21,23,29-31,53,56H,5-7,10,13,16-18,20,22H2,1-4H3,(H,45,54)(H,46,55)(H4,43,44,47,49,50)/t23-,29?,30+,31+,38+,39+,40+,41+/m0/s1. The van der Waals surface area contributed by atoms with Crippen molar-refractivity contribution in [3.63, 3.8) is 0 Å². The molecule has 15 heteroatoms. The number of benzene rings is 1. The lowest BCUT2D eigenvalue weighted by Crippen LogP contribution is -2.70. The van der Waals surface area contributed by atoms with E-state index in [0.717, 1.165) is 12.1 Å². The van der Waals surface area contributed by atoms with Crippen LogP contribution >= 0.6 is 0 Å². The lowest BCUT2D eigenvalue weighted by Gasteiger charge is -2.62. The van der Waals surface area contributed by atoms with Crippen molar-refractivity contribution >= 4 is 46.2 Å². The summed E-state index contributed by atoms with van der Waals surface area (Å²) in [4.78, 5) is 57.6. The number of amides is 2. The molecule has 14 nitrogen and oxygen atoms in total. The fourth-order valence-electron chi connectivity index (χ4n) is 10.4. The number of nitrogens with two attached hydrogens (primary N) is 2. The number of carbonyl (C=O) groups is 3. The van der Waals surface area contributed by atoms with Crippen LogP contribution in [0.25, 0.3) is 11.2 Å². The smallest absolute Gasteiger partial charge is 0.252 e. The SMILES string of the molecule is C[C@H]1C[C@@H]2C3CCC4=CC(=O)C=C[C@@]4(C)[C@]3(F)[C@H](O)C[C@@]2(C)[C@]1(O)C(=O)NCCCCCNC(=O)c1ccc(N(C)Cc2cnc3nc(N)nc(N)c3n2)cc1. The number of unbranched alkanes of at least 4 members (excludes halogenated alkanes) is 2. The monoisotopic (exact) mass is 769 g/mol. The van der Waals surface area contributed by atoms with Gasteiger partial charge in [0.05, 0.1) is 24.5 Å². The zero-order chi connectivity index (χ0) is 40.2. The molecule has 0 spiro atoms. The van der Waals surface area contributed by atoms with Crippen LogP contribution < -0.4 is 27.0 Å². The number of allylic oxidation sites excluding steroid dienone is 4. The van der Waals surface area contributed by atoms with Crippen LogP contribution in [0.4, 0.5) is 21.8 Å². The summed E-state index contributed by atoms with van der Waals surface area (Å²) in [6.45, 7) is 6.65. The maximum Gasteiger partial charge on any atom is 0.252 e. The van der Waals surface area contributed by atoms with Crippen LogP contribution in [0.5, 0.6) is 0 Å². The number of aliphatic hydroxyl groups is 2. The Hall–Kier alpha value is -5.02. The predicted molar refractivity (Wildman–Crippen MR) is 210 cm³/mol. The average Bonchev–Trinajstić information content (AvgIpc) is 3.36. The highest BCUT2D eigenvalue weighted by molar-refractivity contribution is 6.01. The number of aliphatic hydroxyl groups excluding tert-OH is 1. The molecule has 7 rings (SSSR count). The number of nitrogen functional groups attached to an aromatic ring is 2. The molecule has 8 atom stereocenters. The number of alkyl halides is 1. The molecule has 0 bridgehead atoms. The van der Waals surface area contributed by atoms with Gasteiger partial charge in [0.1, 0.15) is 0 Å². The number of anilines is 3. The van der Waals surface area contributed by atoms with Gasteiger partial charge in [0, 0.05) is 48.1 Å². The zero-order valence-electron chi connectivity index (χ0n) is 32.4. The Bertz CT molecular complexity index is 2110. The highest BCUT2D eigenvalue weighted by Crippen LogP contribution is 2.70. The minimum atomic E-state index is -2.02. The molecule has 56 heavy (non-hydrogen) atoms. The highest BCUT2D eigenvalue weighted by atomic mass is 19.1. The van der Waals surface area contributed by atoms with E-state index in [1.54, 1.807) is 31.3 Å². The van der Waals surface area contributed by atoms with Crippen molar-refractivity contribution in [1.29, 1.82) is 0 Å². The van der Waals surface area contributed by atoms with E-state index in [2.05, 4.69) is 30.6 Å². The van der Waals surface area contributed by atoms with Gasteiger partial charge in [0.2, 0.25) is 5.95 Å². The Balaban J connectivity index is 0.868. The Morgan fingerprint density at radius 1 is 1.04 bits per heavy atom. The number of hydrogen-bond acceptors (Lipinski definition) is 12. The molecular formula is C41H52FN9O5. The summed E-state index contributed by atoms with van der Waals surface area (Å²) in [5, 5.41) is 29.7. The van der Waals surface area contributed by atoms with E-state index >= 15 is 4.39 Å². The third kappa shape index (κ3) is 6.28. The minimum Gasteiger partial charge on any atom is -0.390 e. The van der Waals surface area contributed by atoms with E-state index < -0.39 is 45.9 Å². The summed E-state index contributed by atoms with van der Waals surface area (Å²) >= 11 is 0. The first-order valence-corrected chi connectivity index (χ1v) is 19.5. The number of nitrogens with one attached hydrogen (secondary N) is 2. The first kappa shape index (κ1) is 39.2. The second-order valence-corrected chi connectivity index (χ2v) is 16.6. The van der Waals surface area contributed by atoms with Gasteiger partial charge >= 0.3 is 0 Å². The molecule has 3 fully saturated rings. The molecule has 1 aromatic carbocycles. The number of carbonyl (C=O) groups excluding carboxylic acids is 3. The summed E-state index contributed by atoms with van der Waals surface area (Å²) < 4.78 is 17.4. The van der Waals surface area contributed by atoms with Gasteiger partial charge in [-0.25, -0.2) is 14.4 Å². The van der Waals surface area contributed by atoms with E-state index in [0.29, 0.717) is 79.7 Å². The normalized spacial score (nSPS) is 31.9. The Kier molecular flexibility index (Phi) is 10.1.